The minimum Gasteiger partial charge on any atom is -0.497 e. The largest absolute Gasteiger partial charge is 0.497 e. The Kier molecular flexibility index (Phi) is 8.90. The van der Waals surface area contributed by atoms with Gasteiger partial charge in [0.2, 0.25) is 5.91 Å². The topological polar surface area (TPSA) is 50.7 Å². The standard InChI is InChI=1S/C25H30N2O2/c1-5-9-19(2)16-24(20(3)26-18-22-10-7-6-8-11-22)27-25(28)17-21-12-14-23(29-4)15-13-21/h5-15,24H,1,16-18H2,2-4H3,(H,27,28). The zero-order valence-electron chi connectivity index (χ0n) is 17.5. The third-order valence-corrected chi connectivity index (χ3v) is 4.65. The van der Waals surface area contributed by atoms with Gasteiger partial charge in [-0.25, -0.2) is 0 Å². The molecule has 2 rings (SSSR count). The number of allylic oxidation sites excluding steroid dienone is 2. The normalized spacial score (nSPS) is 12.9. The van der Waals surface area contributed by atoms with E-state index in [1.165, 1.54) is 0 Å². The van der Waals surface area contributed by atoms with Crippen molar-refractivity contribution in [3.63, 3.8) is 0 Å². The van der Waals surface area contributed by atoms with Crippen LogP contribution in [0.4, 0.5) is 0 Å². The van der Waals surface area contributed by atoms with Crippen LogP contribution in [0.5, 0.6) is 5.75 Å². The molecule has 4 nitrogen and oxygen atoms in total. The molecule has 1 N–H and O–H groups in total. The lowest BCUT2D eigenvalue weighted by Gasteiger charge is -2.20. The third-order valence-electron chi connectivity index (χ3n) is 4.65. The van der Waals surface area contributed by atoms with Crippen LogP contribution >= 0.6 is 0 Å². The van der Waals surface area contributed by atoms with Crippen LogP contribution in [-0.4, -0.2) is 24.8 Å². The summed E-state index contributed by atoms with van der Waals surface area (Å²) >= 11 is 0. The Hall–Kier alpha value is -3.14. The Balaban J connectivity index is 2.08. The van der Waals surface area contributed by atoms with Gasteiger partial charge in [0.15, 0.2) is 0 Å². The van der Waals surface area contributed by atoms with Gasteiger partial charge >= 0.3 is 0 Å². The summed E-state index contributed by atoms with van der Waals surface area (Å²) in [6.07, 6.45) is 4.75. The van der Waals surface area contributed by atoms with Gasteiger partial charge in [-0.3, -0.25) is 9.79 Å². The number of aliphatic imine (C=N–C) groups is 1. The van der Waals surface area contributed by atoms with E-state index in [0.717, 1.165) is 28.2 Å². The van der Waals surface area contributed by atoms with E-state index in [4.69, 9.17) is 9.73 Å². The molecular formula is C25H30N2O2. The molecule has 0 aromatic heterocycles. The summed E-state index contributed by atoms with van der Waals surface area (Å²) in [7, 11) is 1.63. The van der Waals surface area contributed by atoms with Crippen LogP contribution in [0.2, 0.25) is 0 Å². The molecule has 152 valence electrons. The number of nitrogens with one attached hydrogen (secondary N) is 1. The van der Waals surface area contributed by atoms with Crippen LogP contribution in [0.25, 0.3) is 0 Å². The lowest BCUT2D eigenvalue weighted by molar-refractivity contribution is -0.120. The molecule has 0 saturated heterocycles. The zero-order valence-corrected chi connectivity index (χ0v) is 17.5. The molecule has 29 heavy (non-hydrogen) atoms. The molecule has 0 aliphatic heterocycles. The van der Waals surface area contributed by atoms with Crippen molar-refractivity contribution in [1.29, 1.82) is 0 Å². The fourth-order valence-electron chi connectivity index (χ4n) is 2.98. The monoisotopic (exact) mass is 390 g/mol. The summed E-state index contributed by atoms with van der Waals surface area (Å²) in [4.78, 5) is 17.4. The van der Waals surface area contributed by atoms with Crippen molar-refractivity contribution in [2.45, 2.75) is 39.3 Å². The minimum atomic E-state index is -0.152. The molecule has 0 radical (unpaired) electrons. The Morgan fingerprint density at radius 1 is 1.10 bits per heavy atom. The van der Waals surface area contributed by atoms with Gasteiger partial charge in [0.05, 0.1) is 26.1 Å². The molecule has 0 aliphatic carbocycles. The van der Waals surface area contributed by atoms with Gasteiger partial charge in [0, 0.05) is 5.71 Å². The highest BCUT2D eigenvalue weighted by molar-refractivity contribution is 5.92. The number of ether oxygens (including phenoxy) is 1. The van der Waals surface area contributed by atoms with E-state index in [9.17, 15) is 4.79 Å². The molecule has 0 spiro atoms. The molecule has 0 bridgehead atoms. The second-order valence-corrected chi connectivity index (χ2v) is 7.04. The highest BCUT2D eigenvalue weighted by Crippen LogP contribution is 2.13. The Morgan fingerprint density at radius 2 is 1.79 bits per heavy atom. The molecule has 1 unspecified atom stereocenters. The Bertz CT molecular complexity index is 852. The molecule has 2 aromatic rings. The first-order chi connectivity index (χ1) is 14.0. The van der Waals surface area contributed by atoms with Gasteiger partial charge in [-0.1, -0.05) is 66.8 Å². The summed E-state index contributed by atoms with van der Waals surface area (Å²) in [5.41, 5.74) is 4.14. The number of hydrogen-bond acceptors (Lipinski definition) is 3. The van der Waals surface area contributed by atoms with Gasteiger partial charge in [0.1, 0.15) is 5.75 Å². The van der Waals surface area contributed by atoms with Gasteiger partial charge in [-0.05, 0) is 43.5 Å². The van der Waals surface area contributed by atoms with Crippen molar-refractivity contribution in [1.82, 2.24) is 5.32 Å². The molecular weight excluding hydrogens is 360 g/mol. The van der Waals surface area contributed by atoms with E-state index in [0.29, 0.717) is 19.4 Å². The van der Waals surface area contributed by atoms with Crippen molar-refractivity contribution in [3.05, 3.63) is 90.0 Å². The van der Waals surface area contributed by atoms with Crippen LogP contribution in [-0.2, 0) is 17.8 Å². The van der Waals surface area contributed by atoms with Crippen LogP contribution in [0.3, 0.4) is 0 Å². The number of rotatable bonds is 10. The Labute approximate surface area is 174 Å². The Morgan fingerprint density at radius 3 is 2.41 bits per heavy atom. The first kappa shape index (κ1) is 22.2. The molecule has 0 aliphatic rings. The van der Waals surface area contributed by atoms with Crippen LogP contribution in [0.15, 0.2) is 83.9 Å². The van der Waals surface area contributed by atoms with Crippen LogP contribution in [0.1, 0.15) is 31.4 Å². The van der Waals surface area contributed by atoms with Gasteiger partial charge in [0.25, 0.3) is 0 Å². The lowest BCUT2D eigenvalue weighted by Crippen LogP contribution is -2.40. The fourth-order valence-corrected chi connectivity index (χ4v) is 2.98. The van der Waals surface area contributed by atoms with Crippen molar-refractivity contribution < 1.29 is 9.53 Å². The van der Waals surface area contributed by atoms with E-state index >= 15 is 0 Å². The molecule has 4 heteroatoms. The molecule has 0 saturated carbocycles. The van der Waals surface area contributed by atoms with E-state index in [1.54, 1.807) is 13.2 Å². The van der Waals surface area contributed by atoms with Crippen molar-refractivity contribution >= 4 is 11.6 Å². The van der Waals surface area contributed by atoms with E-state index in [1.807, 2.05) is 62.4 Å². The third kappa shape index (κ3) is 7.78. The van der Waals surface area contributed by atoms with E-state index in [-0.39, 0.29) is 11.9 Å². The average Bonchev–Trinajstić information content (AvgIpc) is 2.73. The first-order valence-electron chi connectivity index (χ1n) is 9.77. The molecule has 0 heterocycles. The van der Waals surface area contributed by atoms with Crippen molar-refractivity contribution in [2.24, 2.45) is 4.99 Å². The van der Waals surface area contributed by atoms with Crippen LogP contribution < -0.4 is 10.1 Å². The highest BCUT2D eigenvalue weighted by Gasteiger charge is 2.16. The number of carbonyl (C=O) groups is 1. The summed E-state index contributed by atoms with van der Waals surface area (Å²) in [5, 5.41) is 3.14. The van der Waals surface area contributed by atoms with Gasteiger partial charge < -0.3 is 10.1 Å². The maximum absolute atomic E-state index is 12.7. The second kappa shape index (κ2) is 11.6. The maximum Gasteiger partial charge on any atom is 0.224 e. The van der Waals surface area contributed by atoms with Crippen molar-refractivity contribution in [2.75, 3.05) is 7.11 Å². The smallest absolute Gasteiger partial charge is 0.224 e. The first-order valence-corrected chi connectivity index (χ1v) is 9.77. The SMILES string of the molecule is C=CC=C(C)CC(NC(=O)Cc1ccc(OC)cc1)C(C)=NCc1ccccc1. The summed E-state index contributed by atoms with van der Waals surface area (Å²) in [5.74, 6) is 0.752. The predicted molar refractivity (Wildman–Crippen MR) is 120 cm³/mol. The molecule has 0 fully saturated rings. The quantitative estimate of drug-likeness (QED) is 0.463. The minimum absolute atomic E-state index is 0.0270. The van der Waals surface area contributed by atoms with E-state index in [2.05, 4.69) is 24.0 Å². The lowest BCUT2D eigenvalue weighted by atomic mass is 10.0. The maximum atomic E-state index is 12.7. The zero-order chi connectivity index (χ0) is 21.1. The molecule has 1 amide bonds. The number of benzene rings is 2. The van der Waals surface area contributed by atoms with Gasteiger partial charge in [-0.2, -0.15) is 0 Å². The second-order valence-electron chi connectivity index (χ2n) is 7.04. The number of methoxy groups -OCH3 is 1. The van der Waals surface area contributed by atoms with Crippen molar-refractivity contribution in [3.8, 4) is 5.75 Å². The fraction of sp³-hybridized carbons (Fsp3) is 0.280. The average molecular weight is 391 g/mol. The van der Waals surface area contributed by atoms with Gasteiger partial charge in [-0.15, -0.1) is 0 Å². The number of hydrogen-bond donors (Lipinski definition) is 1. The molecule has 2 aromatic carbocycles. The highest BCUT2D eigenvalue weighted by atomic mass is 16.5. The number of nitrogens with zero attached hydrogens (tertiary/aromatic N) is 1. The van der Waals surface area contributed by atoms with E-state index < -0.39 is 0 Å². The van der Waals surface area contributed by atoms with Crippen LogP contribution in [0, 0.1) is 0 Å². The summed E-state index contributed by atoms with van der Waals surface area (Å²) in [6, 6.07) is 17.5. The number of amides is 1. The number of carbonyl (C=O) groups excluding carboxylic acids is 1. The summed E-state index contributed by atoms with van der Waals surface area (Å²) < 4.78 is 5.17. The molecule has 1 atom stereocenters. The predicted octanol–water partition coefficient (Wildman–Crippen LogP) is 4.91. The summed E-state index contributed by atoms with van der Waals surface area (Å²) in [6.45, 7) is 8.37.